The first-order valence-electron chi connectivity index (χ1n) is 5.40. The lowest BCUT2D eigenvalue weighted by Gasteiger charge is -1.96. The van der Waals surface area contributed by atoms with Gasteiger partial charge in [-0.05, 0) is 6.16 Å². The van der Waals surface area contributed by atoms with Crippen LogP contribution in [0.25, 0.3) is 0 Å². The van der Waals surface area contributed by atoms with E-state index < -0.39 is 6.16 Å². The molecule has 0 saturated heterocycles. The van der Waals surface area contributed by atoms with Crippen LogP contribution in [0, 0.1) is 0 Å². The van der Waals surface area contributed by atoms with Crippen molar-refractivity contribution in [3.05, 3.63) is 25.3 Å². The molecule has 0 fully saturated rings. The van der Waals surface area contributed by atoms with Crippen LogP contribution in [-0.2, 0) is 19.1 Å². The van der Waals surface area contributed by atoms with Crippen molar-refractivity contribution in [1.82, 2.24) is 0 Å². The van der Waals surface area contributed by atoms with Gasteiger partial charge in [0.25, 0.3) is 0 Å². The molecule has 9 nitrogen and oxygen atoms in total. The average Bonchev–Trinajstić information content (AvgIpc) is 2.42. The van der Waals surface area contributed by atoms with E-state index >= 15 is 0 Å². The van der Waals surface area contributed by atoms with Crippen molar-refractivity contribution in [1.29, 1.82) is 0 Å². The summed E-state index contributed by atoms with van der Waals surface area (Å²) in [5.74, 6) is -0.762. The maximum absolute atomic E-state index is 10.2. The number of hydrogen-bond acceptors (Lipinski definition) is 7. The van der Waals surface area contributed by atoms with Crippen LogP contribution in [0.1, 0.15) is 0 Å². The van der Waals surface area contributed by atoms with Crippen LogP contribution in [0.15, 0.2) is 25.3 Å². The first kappa shape index (κ1) is 22.8. The molecule has 0 unspecified atom stereocenters. The molecule has 0 aliphatic heterocycles. The first-order chi connectivity index (χ1) is 9.35. The summed E-state index contributed by atoms with van der Waals surface area (Å²) in [5.41, 5.74) is 6.96. The van der Waals surface area contributed by atoms with Gasteiger partial charge in [0.15, 0.2) is 0 Å². The topological polar surface area (TPSA) is 171 Å². The van der Waals surface area contributed by atoms with E-state index in [0.29, 0.717) is 26.3 Å². The number of carbonyl (C=O) groups excluding carboxylic acids is 3. The summed E-state index contributed by atoms with van der Waals surface area (Å²) in [6, 6.07) is 0. The van der Waals surface area contributed by atoms with Gasteiger partial charge in [-0.1, -0.05) is 13.2 Å². The second-order valence-corrected chi connectivity index (χ2v) is 2.70. The number of carbonyl (C=O) groups is 3. The normalized spacial score (nSPS) is 7.70. The largest absolute Gasteiger partial charge is 0.652 e. The van der Waals surface area contributed by atoms with Crippen LogP contribution in [0.4, 0.5) is 4.79 Å². The quantitative estimate of drug-likeness (QED) is 0.366. The molecular formula is C11H20N2O7. The van der Waals surface area contributed by atoms with Crippen LogP contribution >= 0.6 is 0 Å². The van der Waals surface area contributed by atoms with Crippen molar-refractivity contribution >= 4 is 18.1 Å². The van der Waals surface area contributed by atoms with Gasteiger partial charge in [-0.2, -0.15) is 0 Å². The second-order valence-electron chi connectivity index (χ2n) is 2.70. The molecule has 0 amide bonds. The highest BCUT2D eigenvalue weighted by Crippen LogP contribution is 1.74. The van der Waals surface area contributed by atoms with Crippen molar-refractivity contribution in [2.75, 3.05) is 26.3 Å². The van der Waals surface area contributed by atoms with E-state index in [4.69, 9.17) is 15.0 Å². The minimum atomic E-state index is -2.33. The zero-order valence-electron chi connectivity index (χ0n) is 11.2. The number of rotatable bonds is 6. The standard InChI is InChI=1S/2C5H9NO2.CH2O3/c2*1-2-5(7)8-4-3-6;2-1(3)4/h2*2H,1,3-4,6H2;(H2,2,3,4). The van der Waals surface area contributed by atoms with E-state index in [2.05, 4.69) is 34.1 Å². The summed E-state index contributed by atoms with van der Waals surface area (Å²) < 4.78 is 9.04. The highest BCUT2D eigenvalue weighted by molar-refractivity contribution is 5.81. The molecule has 0 aliphatic rings. The molecule has 0 aliphatic carbocycles. The van der Waals surface area contributed by atoms with Gasteiger partial charge in [0, 0.05) is 12.2 Å². The molecule has 6 N–H and O–H groups in total. The van der Waals surface area contributed by atoms with E-state index in [1.807, 2.05) is 0 Å². The lowest BCUT2D eigenvalue weighted by atomic mass is 10.6. The Morgan fingerprint density at radius 1 is 0.900 bits per heavy atom. The van der Waals surface area contributed by atoms with E-state index in [-0.39, 0.29) is 11.9 Å². The van der Waals surface area contributed by atoms with E-state index in [9.17, 15) is 9.59 Å². The highest BCUT2D eigenvalue weighted by Gasteiger charge is 1.91. The average molecular weight is 292 g/mol. The number of ether oxygens (including phenoxy) is 2. The van der Waals surface area contributed by atoms with Gasteiger partial charge in [0.05, 0.1) is 0 Å². The number of quaternary nitrogens is 2. The smallest absolute Gasteiger partial charge is 0.330 e. The Hall–Kier alpha value is -2.39. The zero-order chi connectivity index (χ0) is 16.4. The van der Waals surface area contributed by atoms with Crippen LogP contribution in [-0.4, -0.2) is 44.4 Å². The Balaban J connectivity index is -0.000000230. The summed E-state index contributed by atoms with van der Waals surface area (Å²) in [6.45, 7) is 8.42. The SMILES string of the molecule is C=CC(=O)OCC[NH3+].C=CC(=O)OCC[NH3+].O=C([O-])[O-]. The van der Waals surface area contributed by atoms with Gasteiger partial charge in [-0.15, -0.1) is 0 Å². The third kappa shape index (κ3) is 36.1. The number of carboxylic acid groups (broad SMARTS) is 2. The predicted molar refractivity (Wildman–Crippen MR) is 63.2 cm³/mol. The minimum absolute atomic E-state index is 0.380. The molecule has 0 saturated carbocycles. The third-order valence-corrected chi connectivity index (χ3v) is 1.11. The molecule has 0 atom stereocenters. The lowest BCUT2D eigenvalue weighted by Crippen LogP contribution is -2.52. The van der Waals surface area contributed by atoms with Gasteiger partial charge in [0.2, 0.25) is 0 Å². The van der Waals surface area contributed by atoms with Gasteiger partial charge in [-0.3, -0.25) is 0 Å². The van der Waals surface area contributed by atoms with Crippen LogP contribution in [0.2, 0.25) is 0 Å². The molecular weight excluding hydrogens is 272 g/mol. The van der Waals surface area contributed by atoms with Crippen LogP contribution in [0.3, 0.4) is 0 Å². The molecule has 0 radical (unpaired) electrons. The van der Waals surface area contributed by atoms with Crippen molar-refractivity contribution in [2.45, 2.75) is 0 Å². The molecule has 0 spiro atoms. The molecule has 0 aromatic carbocycles. The van der Waals surface area contributed by atoms with Gasteiger partial charge in [-0.25, -0.2) is 9.59 Å². The summed E-state index contributed by atoms with van der Waals surface area (Å²) >= 11 is 0. The molecule has 0 heterocycles. The summed E-state index contributed by atoms with van der Waals surface area (Å²) in [6.07, 6.45) is -0.0642. The Bertz CT molecular complexity index is 277. The monoisotopic (exact) mass is 292 g/mol. The summed E-state index contributed by atoms with van der Waals surface area (Å²) in [5, 5.41) is 16.7. The summed E-state index contributed by atoms with van der Waals surface area (Å²) in [4.78, 5) is 28.7. The van der Waals surface area contributed by atoms with Crippen LogP contribution in [0.5, 0.6) is 0 Å². The van der Waals surface area contributed by atoms with E-state index in [0.717, 1.165) is 12.2 Å². The molecule has 0 aromatic heterocycles. The Kier molecular flexibility index (Phi) is 21.6. The fraction of sp³-hybridized carbons (Fsp3) is 0.364. The van der Waals surface area contributed by atoms with Crippen molar-refractivity contribution in [2.24, 2.45) is 0 Å². The maximum atomic E-state index is 10.2. The molecule has 0 bridgehead atoms. The first-order valence-corrected chi connectivity index (χ1v) is 5.40. The van der Waals surface area contributed by atoms with Gasteiger partial charge in [0.1, 0.15) is 26.3 Å². The third-order valence-electron chi connectivity index (χ3n) is 1.11. The molecule has 20 heavy (non-hydrogen) atoms. The van der Waals surface area contributed by atoms with E-state index in [1.54, 1.807) is 0 Å². The molecule has 9 heteroatoms. The Labute approximate surface area is 116 Å². The van der Waals surface area contributed by atoms with E-state index in [1.165, 1.54) is 0 Å². The molecule has 0 rings (SSSR count). The summed E-state index contributed by atoms with van der Waals surface area (Å²) in [7, 11) is 0. The predicted octanol–water partition coefficient (Wildman–Crippen LogP) is -4.53. The Morgan fingerprint density at radius 3 is 1.30 bits per heavy atom. The lowest BCUT2D eigenvalue weighted by molar-refractivity contribution is -0.415. The van der Waals surface area contributed by atoms with Crippen molar-refractivity contribution < 1.29 is 45.5 Å². The fourth-order valence-corrected chi connectivity index (χ4v) is 0.463. The fourth-order valence-electron chi connectivity index (χ4n) is 0.463. The van der Waals surface area contributed by atoms with Gasteiger partial charge < -0.3 is 35.9 Å². The minimum Gasteiger partial charge on any atom is -0.652 e. The zero-order valence-corrected chi connectivity index (χ0v) is 11.2. The van der Waals surface area contributed by atoms with Crippen LogP contribution < -0.4 is 21.7 Å². The highest BCUT2D eigenvalue weighted by atomic mass is 16.6. The van der Waals surface area contributed by atoms with Gasteiger partial charge >= 0.3 is 11.9 Å². The van der Waals surface area contributed by atoms with Crippen molar-refractivity contribution in [3.8, 4) is 0 Å². The Morgan fingerprint density at radius 2 is 1.15 bits per heavy atom. The molecule has 116 valence electrons. The molecule has 0 aromatic rings. The van der Waals surface area contributed by atoms with Crippen molar-refractivity contribution in [3.63, 3.8) is 0 Å². The second kappa shape index (κ2) is 19.0. The number of hydrogen-bond donors (Lipinski definition) is 2. The maximum Gasteiger partial charge on any atom is 0.330 e. The number of esters is 2.